The van der Waals surface area contributed by atoms with Crippen molar-refractivity contribution in [3.8, 4) is 0 Å². The second-order valence-corrected chi connectivity index (χ2v) is 5.68. The van der Waals surface area contributed by atoms with E-state index < -0.39 is 12.5 Å². The van der Waals surface area contributed by atoms with Gasteiger partial charge in [-0.05, 0) is 37.6 Å². The first-order chi connectivity index (χ1) is 11.8. The minimum atomic E-state index is -1.09. The van der Waals surface area contributed by atoms with Crippen molar-refractivity contribution >= 4 is 23.5 Å². The van der Waals surface area contributed by atoms with Gasteiger partial charge in [0, 0.05) is 11.4 Å². The van der Waals surface area contributed by atoms with E-state index in [2.05, 4.69) is 15.7 Å². The van der Waals surface area contributed by atoms with Gasteiger partial charge in [0.25, 0.3) is 0 Å². The van der Waals surface area contributed by atoms with E-state index in [0.717, 1.165) is 17.0 Å². The second kappa shape index (κ2) is 8.09. The van der Waals surface area contributed by atoms with Crippen LogP contribution in [0, 0.1) is 13.8 Å². The third-order valence-corrected chi connectivity index (χ3v) is 3.44. The number of carbonyl (C=O) groups excluding carboxylic acids is 2. The van der Waals surface area contributed by atoms with Gasteiger partial charge in [0.05, 0.1) is 12.1 Å². The fourth-order valence-corrected chi connectivity index (χ4v) is 2.30. The summed E-state index contributed by atoms with van der Waals surface area (Å²) in [6, 6.07) is 8.70. The largest absolute Gasteiger partial charge is 0.480 e. The number of carboxylic acid groups (broad SMARTS) is 1. The number of nitrogens with one attached hydrogen (secondary N) is 2. The van der Waals surface area contributed by atoms with Gasteiger partial charge < -0.3 is 15.7 Å². The normalized spacial score (nSPS) is 10.3. The van der Waals surface area contributed by atoms with Gasteiger partial charge in [0.1, 0.15) is 13.1 Å². The standard InChI is InChI=1S/C17H20N4O4/c1-11-7-12(2)21(20-11)10-16(23)19-14-5-3-13(4-6-14)8-15(22)18-9-17(24)25/h3-7H,8-10H2,1-2H3,(H,18,22)(H,19,23)(H,24,25). The molecule has 8 nitrogen and oxygen atoms in total. The number of aromatic nitrogens is 2. The highest BCUT2D eigenvalue weighted by atomic mass is 16.4. The van der Waals surface area contributed by atoms with Crippen LogP contribution in [0.25, 0.3) is 0 Å². The van der Waals surface area contributed by atoms with Crippen LogP contribution in [0.1, 0.15) is 17.0 Å². The molecule has 0 saturated carbocycles. The average molecular weight is 344 g/mol. The van der Waals surface area contributed by atoms with Crippen molar-refractivity contribution in [3.05, 3.63) is 47.3 Å². The number of anilines is 1. The second-order valence-electron chi connectivity index (χ2n) is 5.68. The summed E-state index contributed by atoms with van der Waals surface area (Å²) in [6.45, 7) is 3.47. The van der Waals surface area contributed by atoms with E-state index in [1.54, 1.807) is 28.9 Å². The van der Waals surface area contributed by atoms with Crippen LogP contribution in [0.4, 0.5) is 5.69 Å². The SMILES string of the molecule is Cc1cc(C)n(CC(=O)Nc2ccc(CC(=O)NCC(=O)O)cc2)n1. The Balaban J connectivity index is 1.87. The number of hydrogen-bond donors (Lipinski definition) is 3. The predicted octanol–water partition coefficient (Wildman–Crippen LogP) is 0.882. The first-order valence-corrected chi connectivity index (χ1v) is 7.72. The summed E-state index contributed by atoms with van der Waals surface area (Å²) in [4.78, 5) is 34.0. The van der Waals surface area contributed by atoms with Crippen molar-refractivity contribution in [1.29, 1.82) is 0 Å². The molecular formula is C17H20N4O4. The fraction of sp³-hybridized carbons (Fsp3) is 0.294. The molecule has 1 heterocycles. The minimum Gasteiger partial charge on any atom is -0.480 e. The molecule has 25 heavy (non-hydrogen) atoms. The van der Waals surface area contributed by atoms with Crippen LogP contribution in [-0.2, 0) is 27.3 Å². The number of aliphatic carboxylic acids is 1. The number of carbonyl (C=O) groups is 3. The highest BCUT2D eigenvalue weighted by molar-refractivity contribution is 5.90. The first kappa shape index (κ1) is 18.2. The smallest absolute Gasteiger partial charge is 0.322 e. The average Bonchev–Trinajstić information content (AvgIpc) is 2.84. The Labute approximate surface area is 144 Å². The molecule has 0 aliphatic rings. The molecule has 132 valence electrons. The van der Waals surface area contributed by atoms with E-state index in [-0.39, 0.29) is 24.8 Å². The van der Waals surface area contributed by atoms with E-state index in [4.69, 9.17) is 5.11 Å². The highest BCUT2D eigenvalue weighted by Crippen LogP contribution is 2.11. The maximum atomic E-state index is 12.1. The van der Waals surface area contributed by atoms with E-state index in [1.165, 1.54) is 0 Å². The lowest BCUT2D eigenvalue weighted by atomic mass is 10.1. The zero-order chi connectivity index (χ0) is 18.4. The molecule has 0 unspecified atom stereocenters. The van der Waals surface area contributed by atoms with Gasteiger partial charge in [-0.1, -0.05) is 12.1 Å². The maximum Gasteiger partial charge on any atom is 0.322 e. The Morgan fingerprint density at radius 2 is 1.80 bits per heavy atom. The van der Waals surface area contributed by atoms with E-state index in [9.17, 15) is 14.4 Å². The molecule has 0 fully saturated rings. The Bertz CT molecular complexity index is 780. The fourth-order valence-electron chi connectivity index (χ4n) is 2.30. The van der Waals surface area contributed by atoms with Crippen LogP contribution in [0.15, 0.2) is 30.3 Å². The predicted molar refractivity (Wildman–Crippen MR) is 91.1 cm³/mol. The van der Waals surface area contributed by atoms with Gasteiger partial charge in [0.2, 0.25) is 11.8 Å². The molecule has 1 aromatic heterocycles. The van der Waals surface area contributed by atoms with Gasteiger partial charge >= 0.3 is 5.97 Å². The van der Waals surface area contributed by atoms with Crippen molar-refractivity contribution < 1.29 is 19.5 Å². The van der Waals surface area contributed by atoms with E-state index in [1.807, 2.05) is 19.9 Å². The molecule has 2 aromatic rings. The molecule has 0 atom stereocenters. The third kappa shape index (κ3) is 5.76. The number of amides is 2. The first-order valence-electron chi connectivity index (χ1n) is 7.72. The minimum absolute atomic E-state index is 0.0767. The topological polar surface area (TPSA) is 113 Å². The maximum absolute atomic E-state index is 12.1. The van der Waals surface area contributed by atoms with Crippen LogP contribution in [0.3, 0.4) is 0 Å². The van der Waals surface area contributed by atoms with Crippen molar-refractivity contribution in [2.45, 2.75) is 26.8 Å². The monoisotopic (exact) mass is 344 g/mol. The molecule has 0 spiro atoms. The summed E-state index contributed by atoms with van der Waals surface area (Å²) >= 11 is 0. The Hall–Kier alpha value is -3.16. The van der Waals surface area contributed by atoms with E-state index in [0.29, 0.717) is 5.69 Å². The lowest BCUT2D eigenvalue weighted by molar-refractivity contribution is -0.137. The Morgan fingerprint density at radius 1 is 1.12 bits per heavy atom. The van der Waals surface area contributed by atoms with E-state index >= 15 is 0 Å². The van der Waals surface area contributed by atoms with Gasteiger partial charge in [-0.2, -0.15) is 5.10 Å². The number of nitrogens with zero attached hydrogens (tertiary/aromatic N) is 2. The molecule has 8 heteroatoms. The van der Waals surface area contributed by atoms with Crippen LogP contribution >= 0.6 is 0 Å². The Morgan fingerprint density at radius 3 is 2.36 bits per heavy atom. The van der Waals surface area contributed by atoms with Crippen molar-refractivity contribution in [2.75, 3.05) is 11.9 Å². The molecule has 0 aliphatic carbocycles. The summed E-state index contributed by atoms with van der Waals surface area (Å²) in [5.41, 5.74) is 3.10. The van der Waals surface area contributed by atoms with Crippen LogP contribution in [-0.4, -0.2) is 39.2 Å². The summed E-state index contributed by atoms with van der Waals surface area (Å²) < 4.78 is 1.63. The van der Waals surface area contributed by atoms with Gasteiger partial charge in [-0.25, -0.2) is 0 Å². The lowest BCUT2D eigenvalue weighted by Gasteiger charge is -2.08. The highest BCUT2D eigenvalue weighted by Gasteiger charge is 2.09. The Kier molecular flexibility index (Phi) is 5.89. The number of carboxylic acids is 1. The molecular weight excluding hydrogens is 324 g/mol. The lowest BCUT2D eigenvalue weighted by Crippen LogP contribution is -2.30. The quantitative estimate of drug-likeness (QED) is 0.690. The molecule has 1 aromatic carbocycles. The van der Waals surface area contributed by atoms with Crippen molar-refractivity contribution in [1.82, 2.24) is 15.1 Å². The van der Waals surface area contributed by atoms with Crippen LogP contribution in [0.5, 0.6) is 0 Å². The molecule has 2 rings (SSSR count). The van der Waals surface area contributed by atoms with Gasteiger partial charge in [-0.3, -0.25) is 19.1 Å². The van der Waals surface area contributed by atoms with Crippen LogP contribution in [0.2, 0.25) is 0 Å². The van der Waals surface area contributed by atoms with Crippen LogP contribution < -0.4 is 10.6 Å². The number of rotatable bonds is 7. The van der Waals surface area contributed by atoms with Crippen molar-refractivity contribution in [3.63, 3.8) is 0 Å². The molecule has 0 saturated heterocycles. The number of aryl methyl sites for hydroxylation is 2. The molecule has 2 amide bonds. The third-order valence-electron chi connectivity index (χ3n) is 3.44. The summed E-state index contributed by atoms with van der Waals surface area (Å²) in [5, 5.41) is 17.8. The molecule has 0 radical (unpaired) electrons. The molecule has 0 aliphatic heterocycles. The number of hydrogen-bond acceptors (Lipinski definition) is 4. The summed E-state index contributed by atoms with van der Waals surface area (Å²) in [7, 11) is 0. The van der Waals surface area contributed by atoms with Gasteiger partial charge in [0.15, 0.2) is 0 Å². The zero-order valence-electron chi connectivity index (χ0n) is 14.1. The molecule has 0 bridgehead atoms. The molecule has 3 N–H and O–H groups in total. The van der Waals surface area contributed by atoms with Crippen molar-refractivity contribution in [2.24, 2.45) is 0 Å². The number of benzene rings is 1. The summed E-state index contributed by atoms with van der Waals surface area (Å²) in [6.07, 6.45) is 0.0767. The zero-order valence-corrected chi connectivity index (χ0v) is 14.1. The summed E-state index contributed by atoms with van der Waals surface area (Å²) in [5.74, 6) is -1.66. The van der Waals surface area contributed by atoms with Gasteiger partial charge in [-0.15, -0.1) is 0 Å².